The Labute approximate surface area is 154 Å². The zero-order valence-electron chi connectivity index (χ0n) is 16.8. The predicted octanol–water partition coefficient (Wildman–Crippen LogP) is 2.36. The van der Waals surface area contributed by atoms with E-state index in [2.05, 4.69) is 29.0 Å². The third kappa shape index (κ3) is 7.24. The molecule has 0 aromatic rings. The van der Waals surface area contributed by atoms with E-state index in [1.807, 2.05) is 13.8 Å². The number of ether oxygens (including phenoxy) is 1. The summed E-state index contributed by atoms with van der Waals surface area (Å²) in [4.78, 5) is 16.8. The van der Waals surface area contributed by atoms with E-state index in [-0.39, 0.29) is 11.8 Å². The maximum absolute atomic E-state index is 11.6. The van der Waals surface area contributed by atoms with Gasteiger partial charge in [-0.2, -0.15) is 0 Å². The number of rotatable bonds is 10. The van der Waals surface area contributed by atoms with Gasteiger partial charge in [0.05, 0.1) is 12.7 Å². The molecule has 1 aliphatic heterocycles. The van der Waals surface area contributed by atoms with Gasteiger partial charge in [-0.05, 0) is 25.2 Å². The molecule has 1 atom stereocenters. The van der Waals surface area contributed by atoms with Crippen molar-refractivity contribution in [3.05, 3.63) is 0 Å². The van der Waals surface area contributed by atoms with Crippen LogP contribution in [-0.2, 0) is 9.53 Å². The van der Waals surface area contributed by atoms with Crippen molar-refractivity contribution in [1.29, 1.82) is 0 Å². The topological polar surface area (TPSA) is 44.8 Å². The smallest absolute Gasteiger partial charge is 0.222 e. The van der Waals surface area contributed by atoms with Crippen molar-refractivity contribution in [3.8, 4) is 0 Å². The standard InChI is InChI=1S/C20H39N3O2/c1-5-6-17(4)15-23-9-7-22(8-10-23)11-12-25-19-13-18(14-19)21-20(24)16(2)3/h16-19H,5-15H2,1-4H3,(H,21,24). The first-order valence-electron chi connectivity index (χ1n) is 10.3. The molecule has 0 bridgehead atoms. The molecule has 1 N–H and O–H groups in total. The van der Waals surface area contributed by atoms with Crippen LogP contribution in [-0.4, -0.2) is 73.7 Å². The molecule has 2 fully saturated rings. The van der Waals surface area contributed by atoms with Crippen LogP contribution >= 0.6 is 0 Å². The molecule has 1 aliphatic carbocycles. The lowest BCUT2D eigenvalue weighted by molar-refractivity contribution is -0.126. The highest BCUT2D eigenvalue weighted by Crippen LogP contribution is 2.23. The van der Waals surface area contributed by atoms with Crippen LogP contribution < -0.4 is 5.32 Å². The number of carbonyl (C=O) groups is 1. The van der Waals surface area contributed by atoms with Crippen molar-refractivity contribution in [2.45, 2.75) is 65.5 Å². The lowest BCUT2D eigenvalue weighted by Gasteiger charge is -2.38. The van der Waals surface area contributed by atoms with Crippen LogP contribution in [0, 0.1) is 11.8 Å². The summed E-state index contributed by atoms with van der Waals surface area (Å²) in [6, 6.07) is 0.327. The normalized spacial score (nSPS) is 26.4. The minimum atomic E-state index is 0.0728. The number of carbonyl (C=O) groups excluding carboxylic acids is 1. The number of amides is 1. The van der Waals surface area contributed by atoms with Crippen molar-refractivity contribution in [2.24, 2.45) is 11.8 Å². The van der Waals surface area contributed by atoms with Crippen LogP contribution in [0.1, 0.15) is 53.4 Å². The van der Waals surface area contributed by atoms with E-state index < -0.39 is 0 Å². The maximum atomic E-state index is 11.6. The number of nitrogens with zero attached hydrogens (tertiary/aromatic N) is 2. The fourth-order valence-corrected chi connectivity index (χ4v) is 3.76. The van der Waals surface area contributed by atoms with Crippen LogP contribution in [0.25, 0.3) is 0 Å². The SMILES string of the molecule is CCCC(C)CN1CCN(CCOC2CC(NC(=O)C(C)C)C2)CC1. The molecule has 146 valence electrons. The molecule has 0 aromatic heterocycles. The molecular formula is C20H39N3O2. The van der Waals surface area contributed by atoms with Crippen molar-refractivity contribution in [3.63, 3.8) is 0 Å². The second-order valence-corrected chi connectivity index (χ2v) is 8.36. The van der Waals surface area contributed by atoms with Crippen molar-refractivity contribution in [1.82, 2.24) is 15.1 Å². The van der Waals surface area contributed by atoms with Gasteiger partial charge in [-0.1, -0.05) is 34.1 Å². The Morgan fingerprint density at radius 2 is 1.76 bits per heavy atom. The van der Waals surface area contributed by atoms with Crippen molar-refractivity contribution >= 4 is 5.91 Å². The average Bonchev–Trinajstić information content (AvgIpc) is 2.53. The van der Waals surface area contributed by atoms with Gasteiger partial charge in [0.1, 0.15) is 0 Å². The quantitative estimate of drug-likeness (QED) is 0.655. The first kappa shape index (κ1) is 20.7. The molecule has 2 rings (SSSR count). The molecule has 1 heterocycles. The fraction of sp³-hybridized carbons (Fsp3) is 0.950. The summed E-state index contributed by atoms with van der Waals surface area (Å²) in [6.07, 6.45) is 4.92. The Morgan fingerprint density at radius 1 is 1.12 bits per heavy atom. The van der Waals surface area contributed by atoms with Gasteiger partial charge in [-0.3, -0.25) is 9.69 Å². The summed E-state index contributed by atoms with van der Waals surface area (Å²) in [5.41, 5.74) is 0. The highest BCUT2D eigenvalue weighted by molar-refractivity contribution is 5.78. The molecule has 1 amide bonds. The summed E-state index contributed by atoms with van der Waals surface area (Å²) in [7, 11) is 0. The second kappa shape index (κ2) is 10.5. The van der Waals surface area contributed by atoms with Gasteiger partial charge >= 0.3 is 0 Å². The molecule has 0 aromatic carbocycles. The molecule has 1 saturated carbocycles. The van der Waals surface area contributed by atoms with E-state index in [4.69, 9.17) is 4.74 Å². The van der Waals surface area contributed by atoms with Gasteiger partial charge in [0, 0.05) is 51.2 Å². The maximum Gasteiger partial charge on any atom is 0.222 e. The van der Waals surface area contributed by atoms with Gasteiger partial charge < -0.3 is 15.0 Å². The molecule has 1 saturated heterocycles. The lowest BCUT2D eigenvalue weighted by atomic mass is 9.89. The molecule has 5 heteroatoms. The molecule has 0 spiro atoms. The molecule has 1 unspecified atom stereocenters. The number of hydrogen-bond donors (Lipinski definition) is 1. The van der Waals surface area contributed by atoms with Crippen molar-refractivity contribution < 1.29 is 9.53 Å². The highest BCUT2D eigenvalue weighted by Gasteiger charge is 2.31. The summed E-state index contributed by atoms with van der Waals surface area (Å²) in [6.45, 7) is 16.4. The van der Waals surface area contributed by atoms with Gasteiger partial charge in [-0.25, -0.2) is 0 Å². The summed E-state index contributed by atoms with van der Waals surface area (Å²) < 4.78 is 5.97. The van der Waals surface area contributed by atoms with E-state index in [1.165, 1.54) is 45.6 Å². The Bertz CT molecular complexity index is 388. The lowest BCUT2D eigenvalue weighted by Crippen LogP contribution is -2.50. The van der Waals surface area contributed by atoms with Crippen LogP contribution in [0.4, 0.5) is 0 Å². The van der Waals surface area contributed by atoms with Gasteiger partial charge in [0.2, 0.25) is 5.91 Å². The highest BCUT2D eigenvalue weighted by atomic mass is 16.5. The van der Waals surface area contributed by atoms with E-state index in [0.29, 0.717) is 12.1 Å². The summed E-state index contributed by atoms with van der Waals surface area (Å²) >= 11 is 0. The monoisotopic (exact) mass is 353 g/mol. The number of hydrogen-bond acceptors (Lipinski definition) is 4. The molecule has 0 radical (unpaired) electrons. The summed E-state index contributed by atoms with van der Waals surface area (Å²) in [5.74, 6) is 1.06. The van der Waals surface area contributed by atoms with E-state index in [9.17, 15) is 4.79 Å². The largest absolute Gasteiger partial charge is 0.377 e. The van der Waals surface area contributed by atoms with Gasteiger partial charge in [-0.15, -0.1) is 0 Å². The number of piperazine rings is 1. The molecule has 2 aliphatic rings. The zero-order chi connectivity index (χ0) is 18.2. The Balaban J connectivity index is 1.48. The minimum absolute atomic E-state index is 0.0728. The van der Waals surface area contributed by atoms with Crippen LogP contribution in [0.3, 0.4) is 0 Å². The fourth-order valence-electron chi connectivity index (χ4n) is 3.76. The average molecular weight is 354 g/mol. The molecular weight excluding hydrogens is 314 g/mol. The summed E-state index contributed by atoms with van der Waals surface area (Å²) in [5, 5.41) is 3.08. The van der Waals surface area contributed by atoms with E-state index in [1.54, 1.807) is 0 Å². The third-order valence-corrected chi connectivity index (χ3v) is 5.54. The molecule has 25 heavy (non-hydrogen) atoms. The number of nitrogens with one attached hydrogen (secondary N) is 1. The van der Waals surface area contributed by atoms with Crippen LogP contribution in [0.2, 0.25) is 0 Å². The minimum Gasteiger partial charge on any atom is -0.377 e. The van der Waals surface area contributed by atoms with Gasteiger partial charge in [0.25, 0.3) is 0 Å². The van der Waals surface area contributed by atoms with E-state index >= 15 is 0 Å². The molecule has 5 nitrogen and oxygen atoms in total. The van der Waals surface area contributed by atoms with E-state index in [0.717, 1.165) is 31.9 Å². The second-order valence-electron chi connectivity index (χ2n) is 8.36. The first-order chi connectivity index (χ1) is 12.0. The van der Waals surface area contributed by atoms with Gasteiger partial charge in [0.15, 0.2) is 0 Å². The Kier molecular flexibility index (Phi) is 8.67. The van der Waals surface area contributed by atoms with Crippen molar-refractivity contribution in [2.75, 3.05) is 45.9 Å². The third-order valence-electron chi connectivity index (χ3n) is 5.54. The Morgan fingerprint density at radius 3 is 2.36 bits per heavy atom. The first-order valence-corrected chi connectivity index (χ1v) is 10.3. The van der Waals surface area contributed by atoms with Crippen LogP contribution in [0.5, 0.6) is 0 Å². The van der Waals surface area contributed by atoms with Crippen LogP contribution in [0.15, 0.2) is 0 Å². The predicted molar refractivity (Wildman–Crippen MR) is 103 cm³/mol. The zero-order valence-corrected chi connectivity index (χ0v) is 16.8. The Hall–Kier alpha value is -0.650.